The summed E-state index contributed by atoms with van der Waals surface area (Å²) < 4.78 is 13.8. The highest BCUT2D eigenvalue weighted by atomic mass is 79.9. The van der Waals surface area contributed by atoms with Gasteiger partial charge in [0.25, 0.3) is 0 Å². The molecule has 0 aliphatic rings. The van der Waals surface area contributed by atoms with E-state index in [1.165, 1.54) is 12.1 Å². The van der Waals surface area contributed by atoms with Crippen molar-refractivity contribution in [2.75, 3.05) is 0 Å². The molecule has 15 heavy (non-hydrogen) atoms. The average Bonchev–Trinajstić information content (AvgIpc) is 2.01. The quantitative estimate of drug-likeness (QED) is 0.901. The molecule has 0 heterocycles. The summed E-state index contributed by atoms with van der Waals surface area (Å²) in [6, 6.07) is 3.56. The summed E-state index contributed by atoms with van der Waals surface area (Å²) in [5.41, 5.74) is 5.73. The zero-order chi connectivity index (χ0) is 10.7. The number of hydrogen-bond donors (Lipinski definition) is 2. The van der Waals surface area contributed by atoms with Crippen LogP contribution < -0.4 is 5.73 Å². The fraction of sp³-hybridized carbons (Fsp3) is 0.222. The molecule has 0 saturated carbocycles. The fourth-order valence-corrected chi connectivity index (χ4v) is 1.43. The molecule has 1 rings (SSSR count). The molecule has 84 valence electrons. The van der Waals surface area contributed by atoms with Crippen LogP contribution in [0.25, 0.3) is 0 Å². The van der Waals surface area contributed by atoms with Crippen molar-refractivity contribution in [3.8, 4) is 0 Å². The van der Waals surface area contributed by atoms with Crippen LogP contribution in [0.3, 0.4) is 0 Å². The summed E-state index contributed by atoms with van der Waals surface area (Å²) in [6.45, 7) is 0. The van der Waals surface area contributed by atoms with Gasteiger partial charge in [-0.25, -0.2) is 4.39 Å². The molecular weight excluding hydrogens is 288 g/mol. The number of hydrogen-bond acceptors (Lipinski definition) is 2. The summed E-state index contributed by atoms with van der Waals surface area (Å²) in [4.78, 5) is 10.3. The highest BCUT2D eigenvalue weighted by Gasteiger charge is 2.14. The minimum atomic E-state index is -1.04. The fourth-order valence-electron chi connectivity index (χ4n) is 1.10. The van der Waals surface area contributed by atoms with Gasteiger partial charge < -0.3 is 10.8 Å². The zero-order valence-electron chi connectivity index (χ0n) is 7.61. The third-order valence-electron chi connectivity index (χ3n) is 1.76. The van der Waals surface area contributed by atoms with Crippen LogP contribution in [0.15, 0.2) is 22.7 Å². The Bertz CT molecular complexity index is 362. The molecule has 0 bridgehead atoms. The van der Waals surface area contributed by atoms with Crippen LogP contribution in [-0.2, 0) is 4.79 Å². The first kappa shape index (κ1) is 14.3. The van der Waals surface area contributed by atoms with E-state index < -0.39 is 17.8 Å². The molecule has 0 aromatic heterocycles. The van der Waals surface area contributed by atoms with Gasteiger partial charge in [-0.1, -0.05) is 22.0 Å². The molecule has 0 saturated heterocycles. The van der Waals surface area contributed by atoms with Crippen molar-refractivity contribution in [2.24, 2.45) is 5.73 Å². The maximum atomic E-state index is 13.2. The van der Waals surface area contributed by atoms with Gasteiger partial charge in [0.2, 0.25) is 0 Å². The van der Waals surface area contributed by atoms with Crippen molar-refractivity contribution >= 4 is 34.3 Å². The maximum absolute atomic E-state index is 13.2. The van der Waals surface area contributed by atoms with Crippen molar-refractivity contribution in [3.63, 3.8) is 0 Å². The SMILES string of the molecule is Cl.N[C@@H](CC(=O)O)c1ccc(Br)cc1F. The summed E-state index contributed by atoms with van der Waals surface area (Å²) in [7, 11) is 0. The number of nitrogens with two attached hydrogens (primary N) is 1. The van der Waals surface area contributed by atoms with Crippen molar-refractivity contribution in [2.45, 2.75) is 12.5 Å². The Morgan fingerprint density at radius 3 is 2.67 bits per heavy atom. The van der Waals surface area contributed by atoms with Crippen molar-refractivity contribution in [1.82, 2.24) is 0 Å². The van der Waals surface area contributed by atoms with Crippen LogP contribution >= 0.6 is 28.3 Å². The van der Waals surface area contributed by atoms with Gasteiger partial charge in [0, 0.05) is 16.1 Å². The largest absolute Gasteiger partial charge is 0.481 e. The third-order valence-corrected chi connectivity index (χ3v) is 2.25. The van der Waals surface area contributed by atoms with Gasteiger partial charge in [-0.05, 0) is 12.1 Å². The summed E-state index contributed by atoms with van der Waals surface area (Å²) in [5, 5.41) is 8.48. The summed E-state index contributed by atoms with van der Waals surface area (Å²) in [6.07, 6.45) is -0.279. The van der Waals surface area contributed by atoms with Gasteiger partial charge in [0.05, 0.1) is 6.42 Å². The number of carboxylic acid groups (broad SMARTS) is 1. The second-order valence-electron chi connectivity index (χ2n) is 2.87. The number of carboxylic acids is 1. The Morgan fingerprint density at radius 2 is 2.20 bits per heavy atom. The second kappa shape index (κ2) is 6.05. The first-order valence-corrected chi connectivity index (χ1v) is 4.72. The number of benzene rings is 1. The molecule has 1 aromatic carbocycles. The van der Waals surface area contributed by atoms with Gasteiger partial charge in [-0.15, -0.1) is 12.4 Å². The van der Waals surface area contributed by atoms with Gasteiger partial charge >= 0.3 is 5.97 Å². The molecule has 0 radical (unpaired) electrons. The predicted octanol–water partition coefficient (Wildman–Crippen LogP) is 2.48. The minimum Gasteiger partial charge on any atom is -0.481 e. The van der Waals surface area contributed by atoms with Crippen molar-refractivity contribution < 1.29 is 14.3 Å². The van der Waals surface area contributed by atoms with E-state index >= 15 is 0 Å². The molecule has 1 atom stereocenters. The number of rotatable bonds is 3. The Hall–Kier alpha value is -0.650. The van der Waals surface area contributed by atoms with E-state index in [-0.39, 0.29) is 24.4 Å². The molecule has 0 spiro atoms. The zero-order valence-corrected chi connectivity index (χ0v) is 10.0. The van der Waals surface area contributed by atoms with Gasteiger partial charge in [0.1, 0.15) is 5.82 Å². The lowest BCUT2D eigenvalue weighted by molar-refractivity contribution is -0.137. The van der Waals surface area contributed by atoms with Gasteiger partial charge in [-0.3, -0.25) is 4.79 Å². The number of carbonyl (C=O) groups is 1. The summed E-state index contributed by atoms with van der Waals surface area (Å²) in [5.74, 6) is -1.53. The van der Waals surface area contributed by atoms with E-state index in [0.717, 1.165) is 0 Å². The second-order valence-corrected chi connectivity index (χ2v) is 3.79. The van der Waals surface area contributed by atoms with Crippen LogP contribution in [0.4, 0.5) is 4.39 Å². The monoisotopic (exact) mass is 297 g/mol. The van der Waals surface area contributed by atoms with Gasteiger partial charge in [0.15, 0.2) is 0 Å². The molecule has 0 aliphatic carbocycles. The highest BCUT2D eigenvalue weighted by molar-refractivity contribution is 9.10. The molecular formula is C9H10BrClFNO2. The van der Waals surface area contributed by atoms with E-state index in [2.05, 4.69) is 15.9 Å². The Balaban J connectivity index is 0.00000196. The maximum Gasteiger partial charge on any atom is 0.305 e. The van der Waals surface area contributed by atoms with Crippen LogP contribution in [0.2, 0.25) is 0 Å². The van der Waals surface area contributed by atoms with Crippen molar-refractivity contribution in [1.29, 1.82) is 0 Å². The molecule has 1 aromatic rings. The van der Waals surface area contributed by atoms with Crippen LogP contribution in [-0.4, -0.2) is 11.1 Å². The van der Waals surface area contributed by atoms with E-state index in [9.17, 15) is 9.18 Å². The average molecular weight is 299 g/mol. The molecule has 0 fully saturated rings. The molecule has 3 N–H and O–H groups in total. The van der Waals surface area contributed by atoms with Crippen LogP contribution in [0, 0.1) is 5.82 Å². The highest BCUT2D eigenvalue weighted by Crippen LogP contribution is 2.21. The summed E-state index contributed by atoms with van der Waals surface area (Å²) >= 11 is 3.10. The number of halogens is 3. The van der Waals surface area contributed by atoms with Crippen LogP contribution in [0.5, 0.6) is 0 Å². The first-order valence-electron chi connectivity index (χ1n) is 3.93. The molecule has 6 heteroatoms. The lowest BCUT2D eigenvalue weighted by atomic mass is 10.0. The first-order chi connectivity index (χ1) is 6.50. The normalized spacial score (nSPS) is 11.7. The molecule has 0 unspecified atom stereocenters. The predicted molar refractivity (Wildman–Crippen MR) is 60.5 cm³/mol. The van der Waals surface area contributed by atoms with Crippen molar-refractivity contribution in [3.05, 3.63) is 34.1 Å². The molecule has 3 nitrogen and oxygen atoms in total. The lowest BCUT2D eigenvalue weighted by Gasteiger charge is -2.10. The van der Waals surface area contributed by atoms with E-state index in [1.807, 2.05) is 0 Å². The Labute approximate surface area is 101 Å². The van der Waals surface area contributed by atoms with Gasteiger partial charge in [-0.2, -0.15) is 0 Å². The molecule has 0 amide bonds. The van der Waals surface area contributed by atoms with E-state index in [0.29, 0.717) is 4.47 Å². The Kier molecular flexibility index (Phi) is 5.79. The van der Waals surface area contributed by atoms with Crippen LogP contribution in [0.1, 0.15) is 18.0 Å². The number of aliphatic carboxylic acids is 1. The van der Waals surface area contributed by atoms with E-state index in [1.54, 1.807) is 6.07 Å². The van der Waals surface area contributed by atoms with E-state index in [4.69, 9.17) is 10.8 Å². The lowest BCUT2D eigenvalue weighted by Crippen LogP contribution is -2.16. The topological polar surface area (TPSA) is 63.3 Å². The third kappa shape index (κ3) is 4.15. The minimum absolute atomic E-state index is 0. The smallest absolute Gasteiger partial charge is 0.305 e. The Morgan fingerprint density at radius 1 is 1.60 bits per heavy atom. The standard InChI is InChI=1S/C9H9BrFNO2.ClH/c10-5-1-2-6(7(11)3-5)8(12)4-9(13)14;/h1-3,8H,4,12H2,(H,13,14);1H/t8-;/m0./s1. The molecule has 0 aliphatic heterocycles.